The molecule has 1 N–H and O–H groups in total. The zero-order chi connectivity index (χ0) is 26.7. The summed E-state index contributed by atoms with van der Waals surface area (Å²) in [6, 6.07) is 22.2. The van der Waals surface area contributed by atoms with Crippen molar-refractivity contribution >= 4 is 33.4 Å². The molecule has 0 radical (unpaired) electrons. The van der Waals surface area contributed by atoms with E-state index in [-0.39, 0.29) is 16.6 Å². The summed E-state index contributed by atoms with van der Waals surface area (Å²) in [6.07, 6.45) is 1.75. The number of hydrogen-bond acceptors (Lipinski definition) is 6. The van der Waals surface area contributed by atoms with E-state index < -0.39 is 10.0 Å². The first-order valence-corrected chi connectivity index (χ1v) is 14.9. The van der Waals surface area contributed by atoms with Crippen molar-refractivity contribution in [1.82, 2.24) is 19.1 Å². The molecule has 0 spiro atoms. The summed E-state index contributed by atoms with van der Waals surface area (Å²) in [4.78, 5) is 13.0. The fourth-order valence-corrected chi connectivity index (χ4v) is 6.75. The Morgan fingerprint density at radius 3 is 2.45 bits per heavy atom. The van der Waals surface area contributed by atoms with Crippen LogP contribution in [0, 0.1) is 13.8 Å². The third kappa shape index (κ3) is 5.38. The smallest absolute Gasteiger partial charge is 0.243 e. The Hall–Kier alpha value is -3.47. The van der Waals surface area contributed by atoms with Crippen LogP contribution in [0.25, 0.3) is 17.1 Å². The van der Waals surface area contributed by atoms with E-state index >= 15 is 0 Å². The number of benzene rings is 3. The number of carbonyl (C=O) groups excluding carboxylic acids is 1. The van der Waals surface area contributed by atoms with E-state index in [4.69, 9.17) is 0 Å². The van der Waals surface area contributed by atoms with Crippen molar-refractivity contribution in [2.75, 3.05) is 24.2 Å². The maximum atomic E-state index is 13.2. The van der Waals surface area contributed by atoms with E-state index in [9.17, 15) is 13.2 Å². The van der Waals surface area contributed by atoms with E-state index in [1.54, 1.807) is 18.2 Å². The predicted octanol–water partition coefficient (Wildman–Crippen LogP) is 5.07. The van der Waals surface area contributed by atoms with Gasteiger partial charge in [0.05, 0.1) is 10.6 Å². The van der Waals surface area contributed by atoms with Crippen molar-refractivity contribution in [1.29, 1.82) is 0 Å². The first kappa shape index (κ1) is 26.1. The number of aryl methyl sites for hydroxylation is 1. The molecular formula is C28H29N5O3S2. The zero-order valence-corrected chi connectivity index (χ0v) is 22.9. The lowest BCUT2D eigenvalue weighted by molar-refractivity contribution is -0.113. The Labute approximate surface area is 227 Å². The second-order valence-electron chi connectivity index (χ2n) is 9.20. The lowest BCUT2D eigenvalue weighted by Crippen LogP contribution is -2.27. The first-order valence-electron chi connectivity index (χ1n) is 12.4. The lowest BCUT2D eigenvalue weighted by atomic mass is 10.1. The molecule has 8 nitrogen and oxygen atoms in total. The molecule has 3 aromatic carbocycles. The van der Waals surface area contributed by atoms with Crippen LogP contribution in [0.5, 0.6) is 0 Å². The number of anilines is 1. The van der Waals surface area contributed by atoms with Crippen LogP contribution >= 0.6 is 11.8 Å². The summed E-state index contributed by atoms with van der Waals surface area (Å²) in [5, 5.41) is 12.3. The molecule has 2 heterocycles. The minimum atomic E-state index is -3.58. The highest BCUT2D eigenvalue weighted by atomic mass is 32.2. The summed E-state index contributed by atoms with van der Waals surface area (Å²) in [7, 11) is -3.58. The third-order valence-electron chi connectivity index (χ3n) is 6.65. The summed E-state index contributed by atoms with van der Waals surface area (Å²) in [5.41, 5.74) is 4.38. The van der Waals surface area contributed by atoms with Crippen molar-refractivity contribution in [2.45, 2.75) is 36.7 Å². The molecule has 1 amide bonds. The number of hydrogen-bond donors (Lipinski definition) is 1. The maximum absolute atomic E-state index is 13.2. The number of thioether (sulfide) groups is 1. The van der Waals surface area contributed by atoms with E-state index in [1.807, 2.05) is 73.0 Å². The average molecular weight is 548 g/mol. The largest absolute Gasteiger partial charge is 0.325 e. The molecule has 5 rings (SSSR count). The topological polar surface area (TPSA) is 97.2 Å². The van der Waals surface area contributed by atoms with Gasteiger partial charge in [-0.05, 0) is 68.1 Å². The molecule has 0 bridgehead atoms. The number of carbonyl (C=O) groups is 1. The van der Waals surface area contributed by atoms with Gasteiger partial charge in [0.25, 0.3) is 0 Å². The van der Waals surface area contributed by atoms with E-state index in [2.05, 4.69) is 15.5 Å². The van der Waals surface area contributed by atoms with Crippen LogP contribution in [0.1, 0.15) is 24.0 Å². The van der Waals surface area contributed by atoms with Gasteiger partial charge in [0, 0.05) is 30.0 Å². The standard InChI is InChI=1S/C28H29N5O3S2/c1-20-10-8-15-25(21(20)2)29-26(34)19-37-28-31-30-27(33(28)23-12-4-3-5-13-23)22-11-9-14-24(18-22)38(35,36)32-16-6-7-17-32/h3-5,8-15,18H,6-7,16-17,19H2,1-2H3,(H,29,34). The zero-order valence-electron chi connectivity index (χ0n) is 21.3. The average Bonchev–Trinajstić information content (AvgIpc) is 3.62. The van der Waals surface area contributed by atoms with Crippen molar-refractivity contribution in [2.24, 2.45) is 0 Å². The minimum Gasteiger partial charge on any atom is -0.325 e. The maximum Gasteiger partial charge on any atom is 0.243 e. The van der Waals surface area contributed by atoms with Gasteiger partial charge in [-0.1, -0.05) is 54.2 Å². The molecule has 0 unspecified atom stereocenters. The monoisotopic (exact) mass is 547 g/mol. The number of nitrogens with zero attached hydrogens (tertiary/aromatic N) is 4. The lowest BCUT2D eigenvalue weighted by Gasteiger charge is -2.16. The number of nitrogens with one attached hydrogen (secondary N) is 1. The Morgan fingerprint density at radius 2 is 1.68 bits per heavy atom. The molecule has 196 valence electrons. The molecule has 1 aromatic heterocycles. The number of rotatable bonds is 8. The second-order valence-corrected chi connectivity index (χ2v) is 12.1. The van der Waals surface area contributed by atoms with Crippen LogP contribution in [0.15, 0.2) is 82.8 Å². The van der Waals surface area contributed by atoms with E-state index in [0.717, 1.165) is 35.3 Å². The molecular weight excluding hydrogens is 518 g/mol. The van der Waals surface area contributed by atoms with Crippen LogP contribution in [0.4, 0.5) is 5.69 Å². The number of sulfonamides is 1. The van der Waals surface area contributed by atoms with Gasteiger partial charge in [-0.3, -0.25) is 9.36 Å². The number of amides is 1. The van der Waals surface area contributed by atoms with Crippen LogP contribution in [-0.2, 0) is 14.8 Å². The molecule has 4 aromatic rings. The SMILES string of the molecule is Cc1cccc(NC(=O)CSc2nnc(-c3cccc(S(=O)(=O)N4CCCC4)c3)n2-c2ccccc2)c1C. The normalized spacial score (nSPS) is 14.1. The molecule has 0 atom stereocenters. The number of para-hydroxylation sites is 1. The minimum absolute atomic E-state index is 0.141. The molecule has 10 heteroatoms. The second kappa shape index (κ2) is 11.1. The van der Waals surface area contributed by atoms with Gasteiger partial charge in [-0.2, -0.15) is 4.31 Å². The Kier molecular flexibility index (Phi) is 7.64. The van der Waals surface area contributed by atoms with Crippen molar-refractivity contribution in [3.63, 3.8) is 0 Å². The van der Waals surface area contributed by atoms with Gasteiger partial charge in [0.2, 0.25) is 15.9 Å². The molecule has 0 aliphatic carbocycles. The fourth-order valence-electron chi connectivity index (χ4n) is 4.44. The molecule has 0 saturated carbocycles. The fraction of sp³-hybridized carbons (Fsp3) is 0.250. The van der Waals surface area contributed by atoms with Crippen molar-refractivity contribution in [3.05, 3.63) is 83.9 Å². The molecule has 1 saturated heterocycles. The summed E-state index contributed by atoms with van der Waals surface area (Å²) in [6.45, 7) is 5.07. The molecule has 1 aliphatic heterocycles. The summed E-state index contributed by atoms with van der Waals surface area (Å²) in [5.74, 6) is 0.500. The van der Waals surface area contributed by atoms with Gasteiger partial charge >= 0.3 is 0 Å². The van der Waals surface area contributed by atoms with Crippen LogP contribution in [0.2, 0.25) is 0 Å². The summed E-state index contributed by atoms with van der Waals surface area (Å²) < 4.78 is 29.8. The van der Waals surface area contributed by atoms with Crippen LogP contribution in [0.3, 0.4) is 0 Å². The Balaban J connectivity index is 1.44. The highest BCUT2D eigenvalue weighted by Gasteiger charge is 2.28. The molecule has 1 aliphatic rings. The summed E-state index contributed by atoms with van der Waals surface area (Å²) >= 11 is 1.28. The number of aromatic nitrogens is 3. The van der Waals surface area contributed by atoms with E-state index in [0.29, 0.717) is 29.6 Å². The quantitative estimate of drug-likeness (QED) is 0.310. The highest BCUT2D eigenvalue weighted by molar-refractivity contribution is 7.99. The van der Waals surface area contributed by atoms with Crippen molar-refractivity contribution < 1.29 is 13.2 Å². The van der Waals surface area contributed by atoms with Gasteiger partial charge < -0.3 is 5.32 Å². The Bertz CT molecular complexity index is 1560. The molecule has 1 fully saturated rings. The van der Waals surface area contributed by atoms with E-state index in [1.165, 1.54) is 16.1 Å². The van der Waals surface area contributed by atoms with Crippen LogP contribution in [-0.4, -0.2) is 52.2 Å². The van der Waals surface area contributed by atoms with Crippen LogP contribution < -0.4 is 5.32 Å². The molecule has 38 heavy (non-hydrogen) atoms. The predicted molar refractivity (Wildman–Crippen MR) is 150 cm³/mol. The highest BCUT2D eigenvalue weighted by Crippen LogP contribution is 2.30. The van der Waals surface area contributed by atoms with Gasteiger partial charge in [-0.25, -0.2) is 8.42 Å². The third-order valence-corrected chi connectivity index (χ3v) is 9.48. The van der Waals surface area contributed by atoms with Gasteiger partial charge in [0.1, 0.15) is 0 Å². The Morgan fingerprint density at radius 1 is 0.947 bits per heavy atom. The first-order chi connectivity index (χ1) is 18.3. The van der Waals surface area contributed by atoms with Crippen molar-refractivity contribution in [3.8, 4) is 17.1 Å². The van der Waals surface area contributed by atoms with Gasteiger partial charge in [0.15, 0.2) is 11.0 Å². The van der Waals surface area contributed by atoms with Gasteiger partial charge in [-0.15, -0.1) is 10.2 Å².